The fourth-order valence-electron chi connectivity index (χ4n) is 4.17. The fourth-order valence-corrected chi connectivity index (χ4v) is 4.17. The van der Waals surface area contributed by atoms with Crippen molar-refractivity contribution in [3.8, 4) is 11.3 Å². The number of nitrogens with zero attached hydrogens (tertiary/aromatic N) is 4. The third kappa shape index (κ3) is 2.22. The molecule has 2 aromatic heterocycles. The van der Waals surface area contributed by atoms with E-state index in [0.29, 0.717) is 17.0 Å². The van der Waals surface area contributed by atoms with Gasteiger partial charge in [0.15, 0.2) is 6.20 Å². The molecule has 2 amide bonds. The summed E-state index contributed by atoms with van der Waals surface area (Å²) < 4.78 is 16.7. The Hall–Kier alpha value is -3.29. The van der Waals surface area contributed by atoms with Gasteiger partial charge in [-0.2, -0.15) is 4.57 Å². The average molecular weight is 394 g/mol. The van der Waals surface area contributed by atoms with E-state index in [4.69, 9.17) is 5.73 Å². The van der Waals surface area contributed by atoms with E-state index in [1.807, 2.05) is 6.07 Å². The van der Waals surface area contributed by atoms with Gasteiger partial charge >= 0.3 is 11.6 Å². The van der Waals surface area contributed by atoms with Crippen LogP contribution in [0, 0.1) is 5.82 Å². The Balaban J connectivity index is 1.85. The molecular weight excluding hydrogens is 373 g/mol. The first-order chi connectivity index (χ1) is 13.7. The lowest BCUT2D eigenvalue weighted by atomic mass is 9.97. The van der Waals surface area contributed by atoms with Crippen molar-refractivity contribution in [2.45, 2.75) is 37.8 Å². The third-order valence-corrected chi connectivity index (χ3v) is 6.52. The van der Waals surface area contributed by atoms with Crippen LogP contribution in [0.1, 0.15) is 42.7 Å². The number of nitrogens with two attached hydrogens (primary N) is 1. The second-order valence-electron chi connectivity index (χ2n) is 8.38. The van der Waals surface area contributed by atoms with Crippen molar-refractivity contribution < 1.29 is 18.5 Å². The van der Waals surface area contributed by atoms with Gasteiger partial charge in [-0.25, -0.2) is 4.39 Å². The van der Waals surface area contributed by atoms with Crippen LogP contribution in [-0.2, 0) is 15.9 Å². The van der Waals surface area contributed by atoms with Crippen LogP contribution >= 0.6 is 0 Å². The maximum atomic E-state index is 13.4. The number of amides is 2. The van der Waals surface area contributed by atoms with E-state index in [0.717, 1.165) is 24.0 Å². The van der Waals surface area contributed by atoms with Gasteiger partial charge in [-0.05, 0) is 43.2 Å². The SMILES string of the molecule is CN1C(=O)c2cn3nc(-c4ccc(F)cc4)cc(C4(C)CC4)c3[n+]2C1(C)C(N)=O. The molecule has 0 saturated heterocycles. The van der Waals surface area contributed by atoms with E-state index in [1.165, 1.54) is 17.0 Å². The summed E-state index contributed by atoms with van der Waals surface area (Å²) in [6.07, 6.45) is 3.63. The van der Waals surface area contributed by atoms with Crippen LogP contribution in [0.15, 0.2) is 36.5 Å². The van der Waals surface area contributed by atoms with E-state index in [2.05, 4.69) is 12.0 Å². The summed E-state index contributed by atoms with van der Waals surface area (Å²) in [6.45, 7) is 3.80. The Labute approximate surface area is 166 Å². The molecule has 8 heteroatoms. The molecular formula is C21H21FN5O2+. The van der Waals surface area contributed by atoms with Gasteiger partial charge in [0.25, 0.3) is 11.6 Å². The van der Waals surface area contributed by atoms with Gasteiger partial charge in [0.1, 0.15) is 11.5 Å². The predicted octanol–water partition coefficient (Wildman–Crippen LogP) is 1.72. The van der Waals surface area contributed by atoms with E-state index in [1.54, 1.807) is 41.4 Å². The molecule has 0 spiro atoms. The molecule has 3 aromatic rings. The van der Waals surface area contributed by atoms with Crippen LogP contribution in [0.5, 0.6) is 0 Å². The summed E-state index contributed by atoms with van der Waals surface area (Å²) in [5.74, 6) is -1.21. The van der Waals surface area contributed by atoms with Crippen LogP contribution in [0.25, 0.3) is 16.9 Å². The number of fused-ring (bicyclic) bond motifs is 3. The highest BCUT2D eigenvalue weighted by atomic mass is 19.1. The summed E-state index contributed by atoms with van der Waals surface area (Å²) in [5, 5.41) is 4.68. The van der Waals surface area contributed by atoms with Gasteiger partial charge in [-0.1, -0.05) is 16.5 Å². The van der Waals surface area contributed by atoms with Crippen LogP contribution in [0.3, 0.4) is 0 Å². The number of halogens is 1. The lowest BCUT2D eigenvalue weighted by Gasteiger charge is -2.26. The maximum absolute atomic E-state index is 13.4. The number of benzene rings is 1. The molecule has 0 radical (unpaired) electrons. The second-order valence-corrected chi connectivity index (χ2v) is 8.38. The van der Waals surface area contributed by atoms with Gasteiger partial charge < -0.3 is 5.73 Å². The number of primary amides is 1. The maximum Gasteiger partial charge on any atom is 0.314 e. The Morgan fingerprint density at radius 1 is 1.24 bits per heavy atom. The minimum absolute atomic E-state index is 0.0825. The lowest BCUT2D eigenvalue weighted by Crippen LogP contribution is -2.65. The van der Waals surface area contributed by atoms with E-state index >= 15 is 0 Å². The molecule has 1 fully saturated rings. The van der Waals surface area contributed by atoms with Crippen molar-refractivity contribution in [1.82, 2.24) is 14.5 Å². The summed E-state index contributed by atoms with van der Waals surface area (Å²) in [6, 6.07) is 8.13. The Bertz CT molecular complexity index is 1210. The molecule has 1 aliphatic carbocycles. The molecule has 1 unspecified atom stereocenters. The standard InChI is InChI=1S/C21H20FN5O2/c1-20(8-9-20)14-10-15(12-4-6-13(22)7-5-12)24-26-11-16-18(28)25(3)21(2,19(23)29)27(16)17(14)26/h4-7,10-11H,8-9H2,1-3H3,(H-,23,29)/p+1. The van der Waals surface area contributed by atoms with Gasteiger partial charge in [-0.15, -0.1) is 0 Å². The molecule has 0 bridgehead atoms. The number of imidazole rings is 1. The average Bonchev–Trinajstić information content (AvgIpc) is 3.27. The Morgan fingerprint density at radius 3 is 2.48 bits per heavy atom. The molecule has 1 atom stereocenters. The molecule has 1 saturated carbocycles. The highest BCUT2D eigenvalue weighted by Crippen LogP contribution is 2.49. The number of carbonyl (C=O) groups is 2. The zero-order valence-electron chi connectivity index (χ0n) is 16.4. The molecule has 3 heterocycles. The van der Waals surface area contributed by atoms with E-state index < -0.39 is 11.6 Å². The first kappa shape index (κ1) is 17.8. The van der Waals surface area contributed by atoms with Crippen molar-refractivity contribution in [2.75, 3.05) is 7.05 Å². The number of aromatic nitrogens is 3. The van der Waals surface area contributed by atoms with Gasteiger partial charge in [0, 0.05) is 24.9 Å². The third-order valence-electron chi connectivity index (χ3n) is 6.52. The van der Waals surface area contributed by atoms with Crippen molar-refractivity contribution in [2.24, 2.45) is 5.73 Å². The number of hydrogen-bond acceptors (Lipinski definition) is 3. The van der Waals surface area contributed by atoms with Crippen molar-refractivity contribution >= 4 is 17.5 Å². The first-order valence-corrected chi connectivity index (χ1v) is 9.50. The fraction of sp³-hybridized carbons (Fsp3) is 0.333. The summed E-state index contributed by atoms with van der Waals surface area (Å²) >= 11 is 0. The van der Waals surface area contributed by atoms with Crippen LogP contribution in [0.4, 0.5) is 4.39 Å². The molecule has 2 aliphatic rings. The summed E-state index contributed by atoms with van der Waals surface area (Å²) in [5.41, 5.74) is 7.84. The van der Waals surface area contributed by atoms with Crippen molar-refractivity contribution in [3.63, 3.8) is 0 Å². The molecule has 7 nitrogen and oxygen atoms in total. The van der Waals surface area contributed by atoms with E-state index in [9.17, 15) is 14.0 Å². The van der Waals surface area contributed by atoms with E-state index in [-0.39, 0.29) is 17.1 Å². The molecule has 2 N–H and O–H groups in total. The van der Waals surface area contributed by atoms with Crippen molar-refractivity contribution in [3.05, 3.63) is 53.6 Å². The number of rotatable bonds is 3. The van der Waals surface area contributed by atoms with Gasteiger partial charge in [0.2, 0.25) is 5.69 Å². The molecule has 148 valence electrons. The molecule has 5 rings (SSSR count). The highest BCUT2D eigenvalue weighted by Gasteiger charge is 2.58. The topological polar surface area (TPSA) is 84.6 Å². The smallest absolute Gasteiger partial charge is 0.314 e. The predicted molar refractivity (Wildman–Crippen MR) is 102 cm³/mol. The van der Waals surface area contributed by atoms with Crippen molar-refractivity contribution in [1.29, 1.82) is 0 Å². The number of likely N-dealkylation sites (N-methyl/N-ethyl adjacent to an activating group) is 1. The Kier molecular flexibility index (Phi) is 3.31. The van der Waals surface area contributed by atoms with Crippen LogP contribution in [-0.4, -0.2) is 33.4 Å². The monoisotopic (exact) mass is 394 g/mol. The quantitative estimate of drug-likeness (QED) is 0.687. The van der Waals surface area contributed by atoms with Crippen LogP contribution in [0.2, 0.25) is 0 Å². The number of hydrogen-bond donors (Lipinski definition) is 1. The largest absolute Gasteiger partial charge is 0.364 e. The zero-order chi connectivity index (χ0) is 20.7. The lowest BCUT2D eigenvalue weighted by molar-refractivity contribution is -0.730. The Morgan fingerprint density at radius 2 is 1.90 bits per heavy atom. The minimum atomic E-state index is -1.32. The van der Waals surface area contributed by atoms with Gasteiger partial charge in [-0.3, -0.25) is 14.5 Å². The summed E-state index contributed by atoms with van der Waals surface area (Å²) in [7, 11) is 1.58. The molecule has 29 heavy (non-hydrogen) atoms. The highest BCUT2D eigenvalue weighted by molar-refractivity contribution is 5.97. The number of carbonyl (C=O) groups excluding carboxylic acids is 2. The first-order valence-electron chi connectivity index (χ1n) is 9.50. The minimum Gasteiger partial charge on any atom is -0.364 e. The molecule has 1 aromatic carbocycles. The van der Waals surface area contributed by atoms with Gasteiger partial charge in [0.05, 0.1) is 5.56 Å². The summed E-state index contributed by atoms with van der Waals surface area (Å²) in [4.78, 5) is 26.7. The zero-order valence-corrected chi connectivity index (χ0v) is 16.4. The van der Waals surface area contributed by atoms with Crippen LogP contribution < -0.4 is 10.3 Å². The normalized spacial score (nSPS) is 22.2. The second kappa shape index (κ2) is 5.40. The molecule has 1 aliphatic heterocycles.